The van der Waals surface area contributed by atoms with Crippen molar-refractivity contribution in [3.05, 3.63) is 56.2 Å². The van der Waals surface area contributed by atoms with E-state index in [2.05, 4.69) is 30.7 Å². The predicted molar refractivity (Wildman–Crippen MR) is 107 cm³/mol. The van der Waals surface area contributed by atoms with Crippen molar-refractivity contribution in [1.29, 1.82) is 0 Å². The van der Waals surface area contributed by atoms with Crippen LogP contribution in [-0.2, 0) is 19.5 Å². The monoisotopic (exact) mass is 465 g/mol. The second-order valence-electron chi connectivity index (χ2n) is 7.49. The van der Waals surface area contributed by atoms with Crippen LogP contribution in [0.4, 0.5) is 0 Å². The molecular weight excluding hydrogens is 444 g/mol. The Balaban J connectivity index is 0.00000280. The first-order valence-electron chi connectivity index (χ1n) is 8.52. The van der Waals surface area contributed by atoms with Gasteiger partial charge in [0.2, 0.25) is 0 Å². The van der Waals surface area contributed by atoms with Crippen LogP contribution >= 0.6 is 11.8 Å². The fourth-order valence-electron chi connectivity index (χ4n) is 2.75. The summed E-state index contributed by atoms with van der Waals surface area (Å²) in [7, 11) is 2.98. The summed E-state index contributed by atoms with van der Waals surface area (Å²) >= 11 is 1.21. The van der Waals surface area contributed by atoms with E-state index in [1.54, 1.807) is 7.05 Å². The van der Waals surface area contributed by atoms with Crippen molar-refractivity contribution in [1.82, 2.24) is 19.1 Å². The summed E-state index contributed by atoms with van der Waals surface area (Å²) in [6.45, 7) is 6.37. The van der Waals surface area contributed by atoms with Crippen LogP contribution in [0.25, 0.3) is 11.2 Å². The summed E-state index contributed by atoms with van der Waals surface area (Å²) in [5, 5.41) is 0.433. The molecule has 2 aromatic heterocycles. The van der Waals surface area contributed by atoms with Crippen LogP contribution in [0, 0.1) is 0 Å². The average Bonchev–Trinajstić information content (AvgIpc) is 3.06. The highest BCUT2D eigenvalue weighted by atomic mass is 79.9. The molecule has 0 saturated carbocycles. The first-order chi connectivity index (χ1) is 12.6. The number of Topliss-reactive ketones (excluding diaryl/α,β-unsaturated/α-hetero) is 1. The van der Waals surface area contributed by atoms with Crippen LogP contribution in [0.15, 0.2) is 39.0 Å². The number of imidazole rings is 1. The lowest BCUT2D eigenvalue weighted by molar-refractivity contribution is -0.0000140. The summed E-state index contributed by atoms with van der Waals surface area (Å²) in [5.74, 6) is 0.158. The van der Waals surface area contributed by atoms with Crippen molar-refractivity contribution >= 4 is 28.7 Å². The number of fused-ring (bicyclic) bond motifs is 1. The van der Waals surface area contributed by atoms with Gasteiger partial charge in [-0.2, -0.15) is 0 Å². The third-order valence-electron chi connectivity index (χ3n) is 4.49. The summed E-state index contributed by atoms with van der Waals surface area (Å²) in [4.78, 5) is 43.8. The predicted octanol–water partition coefficient (Wildman–Crippen LogP) is -0.763. The number of ketones is 1. The van der Waals surface area contributed by atoms with E-state index in [1.165, 1.54) is 28.9 Å². The molecule has 150 valence electrons. The standard InChI is InChI=1S/C19H22N4O3S.BrH/c1-19(2,3)12-8-6-11(7-9-12)13(24)10-27-17-20-14-15(21-17)22(4)18(26)23(5)16(14)25;/h6-9H,10H2,1-5H3,(H,20,21);1H/p-1. The lowest BCUT2D eigenvalue weighted by atomic mass is 9.86. The normalized spacial score (nSPS) is 11.5. The second kappa shape index (κ2) is 8.08. The van der Waals surface area contributed by atoms with E-state index in [0.29, 0.717) is 10.7 Å². The number of aromatic amines is 1. The van der Waals surface area contributed by atoms with Gasteiger partial charge in [-0.1, -0.05) is 56.8 Å². The van der Waals surface area contributed by atoms with Crippen molar-refractivity contribution in [2.75, 3.05) is 5.75 Å². The van der Waals surface area contributed by atoms with E-state index in [9.17, 15) is 14.4 Å². The number of halogens is 1. The maximum absolute atomic E-state index is 12.5. The maximum atomic E-state index is 12.5. The Kier molecular flexibility index (Phi) is 6.40. The van der Waals surface area contributed by atoms with Crippen molar-refractivity contribution in [2.45, 2.75) is 31.3 Å². The Morgan fingerprint density at radius 2 is 1.71 bits per heavy atom. The number of rotatable bonds is 4. The van der Waals surface area contributed by atoms with E-state index >= 15 is 0 Å². The minimum absolute atomic E-state index is 0. The Morgan fingerprint density at radius 1 is 1.11 bits per heavy atom. The van der Waals surface area contributed by atoms with Gasteiger partial charge in [-0.15, -0.1) is 0 Å². The van der Waals surface area contributed by atoms with Gasteiger partial charge in [0.1, 0.15) is 0 Å². The Labute approximate surface area is 176 Å². The number of aromatic nitrogens is 4. The number of H-pyrrole nitrogens is 1. The van der Waals surface area contributed by atoms with Gasteiger partial charge in [-0.25, -0.2) is 9.78 Å². The number of thioether (sulfide) groups is 1. The molecule has 0 aliphatic rings. The first-order valence-corrected chi connectivity index (χ1v) is 9.50. The number of nitrogens with one attached hydrogen (secondary N) is 1. The Hall–Kier alpha value is -2.13. The molecule has 0 fully saturated rings. The molecule has 3 aromatic rings. The van der Waals surface area contributed by atoms with E-state index in [0.717, 1.165) is 4.57 Å². The summed E-state index contributed by atoms with van der Waals surface area (Å²) < 4.78 is 2.33. The van der Waals surface area contributed by atoms with Crippen LogP contribution in [0.5, 0.6) is 0 Å². The van der Waals surface area contributed by atoms with Crippen molar-refractivity contribution in [2.24, 2.45) is 14.1 Å². The third kappa shape index (κ3) is 4.15. The molecule has 0 aliphatic heterocycles. The van der Waals surface area contributed by atoms with Crippen LogP contribution < -0.4 is 28.2 Å². The molecule has 1 N–H and O–H groups in total. The first kappa shape index (κ1) is 22.2. The van der Waals surface area contributed by atoms with E-state index < -0.39 is 11.2 Å². The highest BCUT2D eigenvalue weighted by Crippen LogP contribution is 2.23. The molecule has 0 atom stereocenters. The van der Waals surface area contributed by atoms with Gasteiger partial charge >= 0.3 is 5.69 Å². The zero-order chi connectivity index (χ0) is 19.9. The van der Waals surface area contributed by atoms with Gasteiger partial charge in [-0.05, 0) is 11.0 Å². The highest BCUT2D eigenvalue weighted by Gasteiger charge is 2.16. The Morgan fingerprint density at radius 3 is 2.29 bits per heavy atom. The molecular formula is C19H22BrN4O3S-. The molecule has 0 spiro atoms. The number of benzene rings is 1. The lowest BCUT2D eigenvalue weighted by Crippen LogP contribution is -3.00. The minimum atomic E-state index is -0.439. The molecule has 3 rings (SSSR count). The number of nitrogens with zero attached hydrogens (tertiary/aromatic N) is 3. The third-order valence-corrected chi connectivity index (χ3v) is 5.36. The molecule has 0 unspecified atom stereocenters. The van der Waals surface area contributed by atoms with Gasteiger partial charge in [0, 0.05) is 19.7 Å². The second-order valence-corrected chi connectivity index (χ2v) is 8.45. The van der Waals surface area contributed by atoms with Crippen LogP contribution in [0.3, 0.4) is 0 Å². The van der Waals surface area contributed by atoms with Crippen LogP contribution in [0.1, 0.15) is 36.7 Å². The smallest absolute Gasteiger partial charge is 0.332 e. The largest absolute Gasteiger partial charge is 1.00 e. The lowest BCUT2D eigenvalue weighted by Gasteiger charge is -2.18. The fraction of sp³-hybridized carbons (Fsp3) is 0.368. The number of hydrogen-bond acceptors (Lipinski definition) is 5. The molecule has 1 aromatic carbocycles. The van der Waals surface area contributed by atoms with Gasteiger partial charge < -0.3 is 22.0 Å². The van der Waals surface area contributed by atoms with Gasteiger partial charge in [0.15, 0.2) is 22.1 Å². The SMILES string of the molecule is Cn1c(=O)c2[nH]c(SCC(=O)c3ccc(C(C)(C)C)cc3)nc2n(C)c1=O.[Br-]. The fourth-order valence-corrected chi connectivity index (χ4v) is 3.51. The number of carbonyl (C=O) groups excluding carboxylic acids is 1. The molecule has 0 radical (unpaired) electrons. The molecule has 0 saturated heterocycles. The van der Waals surface area contributed by atoms with Crippen molar-refractivity contribution in [3.63, 3.8) is 0 Å². The van der Waals surface area contributed by atoms with Gasteiger partial charge in [0.05, 0.1) is 5.75 Å². The zero-order valence-electron chi connectivity index (χ0n) is 16.4. The van der Waals surface area contributed by atoms with Crippen LogP contribution in [0.2, 0.25) is 0 Å². The molecule has 0 bridgehead atoms. The zero-order valence-corrected chi connectivity index (χ0v) is 18.8. The number of hydrogen-bond donors (Lipinski definition) is 1. The minimum Gasteiger partial charge on any atom is -1.00 e. The average molecular weight is 466 g/mol. The van der Waals surface area contributed by atoms with Crippen molar-refractivity contribution < 1.29 is 21.8 Å². The van der Waals surface area contributed by atoms with E-state index in [4.69, 9.17) is 0 Å². The van der Waals surface area contributed by atoms with Gasteiger partial charge in [-0.3, -0.25) is 18.7 Å². The van der Waals surface area contributed by atoms with E-state index in [-0.39, 0.29) is 45.1 Å². The van der Waals surface area contributed by atoms with Gasteiger partial charge in [0.25, 0.3) is 5.56 Å². The summed E-state index contributed by atoms with van der Waals surface area (Å²) in [5.41, 5.74) is 1.50. The molecule has 7 nitrogen and oxygen atoms in total. The van der Waals surface area contributed by atoms with Crippen molar-refractivity contribution in [3.8, 4) is 0 Å². The summed E-state index contributed by atoms with van der Waals surface area (Å²) in [6.07, 6.45) is 0. The molecule has 28 heavy (non-hydrogen) atoms. The Bertz CT molecular complexity index is 1140. The van der Waals surface area contributed by atoms with E-state index in [1.807, 2.05) is 24.3 Å². The molecule has 2 heterocycles. The topological polar surface area (TPSA) is 89.8 Å². The van der Waals surface area contributed by atoms with Crippen LogP contribution in [-0.4, -0.2) is 30.6 Å². The number of carbonyl (C=O) groups is 1. The quantitative estimate of drug-likeness (QED) is 0.403. The highest BCUT2D eigenvalue weighted by molar-refractivity contribution is 7.99. The number of aryl methyl sites for hydroxylation is 1. The molecule has 0 aliphatic carbocycles. The maximum Gasteiger partial charge on any atom is 0.332 e. The molecule has 0 amide bonds. The molecule has 9 heteroatoms. The summed E-state index contributed by atoms with van der Waals surface area (Å²) in [6, 6.07) is 7.61.